The first kappa shape index (κ1) is 13.4. The largest absolute Gasteiger partial charge is 0.329 e. The molecule has 16 heavy (non-hydrogen) atoms. The lowest BCUT2D eigenvalue weighted by Crippen LogP contribution is -2.48. The number of H-pyrrole nitrogens is 1. The Kier molecular flexibility index (Phi) is 3.58. The van der Waals surface area contributed by atoms with E-state index in [-0.39, 0.29) is 15.6 Å². The fraction of sp³-hybridized carbons (Fsp3) is 0.625. The lowest BCUT2D eigenvalue weighted by atomic mass is 10.1. The zero-order valence-corrected chi connectivity index (χ0v) is 11.0. The molecule has 0 fully saturated rings. The Bertz CT molecular complexity index is 527. The molecule has 0 unspecified atom stereocenters. The fourth-order valence-corrected chi connectivity index (χ4v) is 3.82. The van der Waals surface area contributed by atoms with Crippen LogP contribution in [-0.4, -0.2) is 25.5 Å². The average molecular weight is 265 g/mol. The molecule has 6 nitrogen and oxygen atoms in total. The Balaban J connectivity index is 3.13. The molecule has 0 saturated heterocycles. The third-order valence-corrected chi connectivity index (χ3v) is 5.25. The second-order valence-corrected chi connectivity index (χ2v) is 6.98. The first-order chi connectivity index (χ1) is 7.18. The van der Waals surface area contributed by atoms with Crippen molar-refractivity contribution in [1.82, 2.24) is 9.71 Å². The van der Waals surface area contributed by atoms with Crippen LogP contribution in [0.5, 0.6) is 0 Å². The number of aromatic amines is 1. The molecule has 1 aromatic rings. The van der Waals surface area contributed by atoms with E-state index in [0.717, 1.165) is 0 Å². The maximum atomic E-state index is 11.9. The van der Waals surface area contributed by atoms with Crippen LogP contribution in [0.3, 0.4) is 0 Å². The van der Waals surface area contributed by atoms with Gasteiger partial charge in [0.15, 0.2) is 4.21 Å². The Hall–Kier alpha value is -0.700. The SMILES string of the molecule is Cc1[nH]c(=O)sc1S(=O)(=O)NC(C)(C)CN. The van der Waals surface area contributed by atoms with Crippen molar-refractivity contribution < 1.29 is 8.42 Å². The van der Waals surface area contributed by atoms with Gasteiger partial charge in [0.1, 0.15) is 0 Å². The molecule has 1 aromatic heterocycles. The van der Waals surface area contributed by atoms with Gasteiger partial charge >= 0.3 is 4.87 Å². The lowest BCUT2D eigenvalue weighted by Gasteiger charge is -2.23. The maximum Gasteiger partial charge on any atom is 0.305 e. The molecule has 1 rings (SSSR count). The number of aryl methyl sites for hydroxylation is 1. The quantitative estimate of drug-likeness (QED) is 0.698. The van der Waals surface area contributed by atoms with Crippen LogP contribution in [0.2, 0.25) is 0 Å². The summed E-state index contributed by atoms with van der Waals surface area (Å²) in [6.45, 7) is 5.07. The highest BCUT2D eigenvalue weighted by atomic mass is 32.2. The standard InChI is InChI=1S/C8H15N3O3S2/c1-5-6(15-7(12)10-5)16(13,14)11-8(2,3)4-9/h11H,4,9H2,1-3H3,(H,10,12). The van der Waals surface area contributed by atoms with Crippen LogP contribution >= 0.6 is 11.3 Å². The van der Waals surface area contributed by atoms with Crippen molar-refractivity contribution >= 4 is 21.4 Å². The number of nitrogens with one attached hydrogen (secondary N) is 2. The van der Waals surface area contributed by atoms with Gasteiger partial charge in [-0.05, 0) is 20.8 Å². The van der Waals surface area contributed by atoms with E-state index in [1.807, 2.05) is 0 Å². The normalized spacial score (nSPS) is 13.0. The van der Waals surface area contributed by atoms with Crippen LogP contribution in [0.25, 0.3) is 0 Å². The van der Waals surface area contributed by atoms with Gasteiger partial charge in [-0.25, -0.2) is 13.1 Å². The van der Waals surface area contributed by atoms with Crippen LogP contribution in [0, 0.1) is 6.92 Å². The molecule has 0 spiro atoms. The summed E-state index contributed by atoms with van der Waals surface area (Å²) in [5.41, 5.74) is 5.05. The molecule has 0 atom stereocenters. The molecule has 0 aromatic carbocycles. The summed E-state index contributed by atoms with van der Waals surface area (Å²) >= 11 is 0.670. The van der Waals surface area contributed by atoms with Crippen molar-refractivity contribution in [3.8, 4) is 0 Å². The summed E-state index contributed by atoms with van der Waals surface area (Å²) in [7, 11) is -3.68. The van der Waals surface area contributed by atoms with Gasteiger partial charge in [0.25, 0.3) is 10.0 Å². The molecular weight excluding hydrogens is 250 g/mol. The minimum absolute atomic E-state index is 0.0130. The summed E-state index contributed by atoms with van der Waals surface area (Å²) < 4.78 is 26.3. The Morgan fingerprint density at radius 3 is 2.44 bits per heavy atom. The van der Waals surface area contributed by atoms with Crippen molar-refractivity contribution in [3.63, 3.8) is 0 Å². The minimum atomic E-state index is -3.68. The summed E-state index contributed by atoms with van der Waals surface area (Å²) in [5.74, 6) is 0. The number of thiazole rings is 1. The molecular formula is C8H15N3O3S2. The Morgan fingerprint density at radius 1 is 1.50 bits per heavy atom. The van der Waals surface area contributed by atoms with Crippen molar-refractivity contribution in [2.24, 2.45) is 5.73 Å². The van der Waals surface area contributed by atoms with Crippen molar-refractivity contribution in [2.75, 3.05) is 6.54 Å². The Morgan fingerprint density at radius 2 is 2.06 bits per heavy atom. The van der Waals surface area contributed by atoms with E-state index in [0.29, 0.717) is 17.0 Å². The molecule has 1 heterocycles. The summed E-state index contributed by atoms with van der Waals surface area (Å²) in [5, 5.41) is 0. The van der Waals surface area contributed by atoms with Gasteiger partial charge in [0, 0.05) is 17.8 Å². The van der Waals surface area contributed by atoms with E-state index in [4.69, 9.17) is 5.73 Å². The van der Waals surface area contributed by atoms with E-state index in [1.165, 1.54) is 0 Å². The monoisotopic (exact) mass is 265 g/mol. The molecule has 0 radical (unpaired) electrons. The van der Waals surface area contributed by atoms with Gasteiger partial charge < -0.3 is 10.7 Å². The zero-order chi connectivity index (χ0) is 12.6. The number of rotatable bonds is 4. The molecule has 92 valence electrons. The van der Waals surface area contributed by atoms with Gasteiger partial charge in [-0.3, -0.25) is 4.79 Å². The molecule has 0 aliphatic heterocycles. The van der Waals surface area contributed by atoms with Crippen LogP contribution in [0.4, 0.5) is 0 Å². The summed E-state index contributed by atoms with van der Waals surface area (Å²) in [4.78, 5) is 13.1. The van der Waals surface area contributed by atoms with Gasteiger partial charge in [-0.1, -0.05) is 11.3 Å². The van der Waals surface area contributed by atoms with E-state index >= 15 is 0 Å². The van der Waals surface area contributed by atoms with Crippen molar-refractivity contribution in [2.45, 2.75) is 30.5 Å². The van der Waals surface area contributed by atoms with E-state index < -0.39 is 15.6 Å². The third-order valence-electron chi connectivity index (χ3n) is 1.95. The van der Waals surface area contributed by atoms with Gasteiger partial charge in [-0.2, -0.15) is 0 Å². The number of sulfonamides is 1. The minimum Gasteiger partial charge on any atom is -0.329 e. The number of aromatic nitrogens is 1. The Labute approximate surface area is 97.9 Å². The van der Waals surface area contributed by atoms with Gasteiger partial charge in [-0.15, -0.1) is 0 Å². The topological polar surface area (TPSA) is 105 Å². The van der Waals surface area contributed by atoms with E-state index in [1.54, 1.807) is 20.8 Å². The fourth-order valence-electron chi connectivity index (χ4n) is 1.10. The second-order valence-electron chi connectivity index (χ2n) is 4.12. The molecule has 8 heteroatoms. The average Bonchev–Trinajstić information content (AvgIpc) is 2.44. The highest BCUT2D eigenvalue weighted by Crippen LogP contribution is 2.17. The summed E-state index contributed by atoms with van der Waals surface area (Å²) in [6.07, 6.45) is 0. The first-order valence-corrected chi connectivity index (χ1v) is 6.92. The van der Waals surface area contributed by atoms with Gasteiger partial charge in [0.2, 0.25) is 0 Å². The van der Waals surface area contributed by atoms with Crippen LogP contribution in [0.1, 0.15) is 19.5 Å². The third kappa shape index (κ3) is 2.91. The lowest BCUT2D eigenvalue weighted by molar-refractivity contribution is 0.463. The highest BCUT2D eigenvalue weighted by molar-refractivity contribution is 7.91. The number of hydrogen-bond acceptors (Lipinski definition) is 5. The van der Waals surface area contributed by atoms with Crippen molar-refractivity contribution in [3.05, 3.63) is 15.4 Å². The molecule has 4 N–H and O–H groups in total. The predicted octanol–water partition coefficient (Wildman–Crippen LogP) is -0.240. The second kappa shape index (κ2) is 4.28. The van der Waals surface area contributed by atoms with Crippen LogP contribution < -0.4 is 15.3 Å². The smallest absolute Gasteiger partial charge is 0.305 e. The molecule has 0 amide bonds. The maximum absolute atomic E-state index is 11.9. The van der Waals surface area contributed by atoms with Crippen molar-refractivity contribution in [1.29, 1.82) is 0 Å². The zero-order valence-electron chi connectivity index (χ0n) is 9.33. The molecule has 0 aliphatic carbocycles. The number of hydrogen-bond donors (Lipinski definition) is 3. The summed E-state index contributed by atoms with van der Waals surface area (Å²) in [6, 6.07) is 0. The van der Waals surface area contributed by atoms with Gasteiger partial charge in [0.05, 0.1) is 0 Å². The van der Waals surface area contributed by atoms with Crippen LogP contribution in [-0.2, 0) is 10.0 Å². The van der Waals surface area contributed by atoms with Crippen LogP contribution in [0.15, 0.2) is 9.00 Å². The molecule has 0 aliphatic rings. The highest BCUT2D eigenvalue weighted by Gasteiger charge is 2.27. The number of nitrogens with two attached hydrogens (primary N) is 1. The molecule has 0 saturated carbocycles. The molecule has 0 bridgehead atoms. The first-order valence-electron chi connectivity index (χ1n) is 4.62. The van der Waals surface area contributed by atoms with E-state index in [2.05, 4.69) is 9.71 Å². The van der Waals surface area contributed by atoms with E-state index in [9.17, 15) is 13.2 Å². The predicted molar refractivity (Wildman–Crippen MR) is 63.1 cm³/mol.